The van der Waals surface area contributed by atoms with Crippen molar-refractivity contribution in [3.05, 3.63) is 69.0 Å². The lowest BCUT2D eigenvalue weighted by Gasteiger charge is -2.18. The van der Waals surface area contributed by atoms with Crippen molar-refractivity contribution in [2.75, 3.05) is 6.61 Å². The summed E-state index contributed by atoms with van der Waals surface area (Å²) in [6, 6.07) is 3.43. The largest absolute Gasteiger partial charge is 0.416 e. The number of hydrogen-bond acceptors (Lipinski definition) is 4. The summed E-state index contributed by atoms with van der Waals surface area (Å²) in [5.74, 6) is 0.426. The van der Waals surface area contributed by atoms with Gasteiger partial charge in [-0.1, -0.05) is 17.7 Å². The lowest BCUT2D eigenvalue weighted by Crippen LogP contribution is -2.16. The lowest BCUT2D eigenvalue weighted by atomic mass is 10.0. The molecule has 2 aromatic heterocycles. The molecule has 0 unspecified atom stereocenters. The number of rotatable bonds is 4. The zero-order valence-corrected chi connectivity index (χ0v) is 14.7. The first-order chi connectivity index (χ1) is 12.7. The van der Waals surface area contributed by atoms with Gasteiger partial charge < -0.3 is 10.1 Å². The van der Waals surface area contributed by atoms with E-state index in [2.05, 4.69) is 15.1 Å². The summed E-state index contributed by atoms with van der Waals surface area (Å²) in [6.07, 6.45) is -1.53. The topological polar surface area (TPSA) is 83.8 Å². The molecule has 0 fully saturated rings. The highest BCUT2D eigenvalue weighted by Crippen LogP contribution is 2.34. The molecule has 2 N–H and O–H groups in total. The van der Waals surface area contributed by atoms with Crippen molar-refractivity contribution in [1.29, 1.82) is 0 Å². The normalized spacial score (nSPS) is 13.0. The molecule has 1 aromatic carbocycles. The first kappa shape index (κ1) is 19.1. The molecule has 0 bridgehead atoms. The number of aromatic amines is 1. The minimum absolute atomic E-state index is 0.133. The van der Waals surface area contributed by atoms with Crippen molar-refractivity contribution in [2.24, 2.45) is 0 Å². The average Bonchev–Trinajstić information content (AvgIpc) is 3.05. The van der Waals surface area contributed by atoms with Gasteiger partial charge in [0.05, 0.1) is 24.1 Å². The summed E-state index contributed by atoms with van der Waals surface area (Å²) in [6.45, 7) is 1.20. The van der Waals surface area contributed by atoms with Gasteiger partial charge in [-0.3, -0.25) is 9.48 Å². The molecular weight excluding hydrogens is 385 g/mol. The van der Waals surface area contributed by atoms with Crippen LogP contribution in [0.4, 0.5) is 13.2 Å². The van der Waals surface area contributed by atoms with Crippen molar-refractivity contribution in [3.8, 4) is 11.3 Å². The molecule has 2 heterocycles. The molecule has 1 atom stereocenters. The van der Waals surface area contributed by atoms with Crippen LogP contribution >= 0.6 is 11.6 Å². The second-order valence-electron chi connectivity index (χ2n) is 5.86. The van der Waals surface area contributed by atoms with Gasteiger partial charge in [0.15, 0.2) is 0 Å². The van der Waals surface area contributed by atoms with E-state index in [0.717, 1.165) is 12.1 Å². The van der Waals surface area contributed by atoms with Crippen LogP contribution in [-0.4, -0.2) is 31.5 Å². The van der Waals surface area contributed by atoms with Gasteiger partial charge in [0.2, 0.25) is 0 Å². The van der Waals surface area contributed by atoms with E-state index in [1.165, 1.54) is 29.2 Å². The molecule has 0 aliphatic carbocycles. The smallest absolute Gasteiger partial charge is 0.394 e. The Morgan fingerprint density at radius 2 is 2.07 bits per heavy atom. The summed E-state index contributed by atoms with van der Waals surface area (Å²) >= 11 is 6.01. The van der Waals surface area contributed by atoms with E-state index in [0.29, 0.717) is 17.1 Å². The van der Waals surface area contributed by atoms with E-state index in [1.807, 2.05) is 0 Å². The monoisotopic (exact) mass is 398 g/mol. The molecule has 6 nitrogen and oxygen atoms in total. The third-order valence-corrected chi connectivity index (χ3v) is 4.26. The van der Waals surface area contributed by atoms with Crippen LogP contribution in [0.15, 0.2) is 41.5 Å². The number of aromatic nitrogens is 4. The molecule has 0 aliphatic heterocycles. The van der Waals surface area contributed by atoms with Gasteiger partial charge in [0.1, 0.15) is 11.9 Å². The standard InChI is InChI=1S/C17H14ClF3N4O2/c1-9-23-14(5-16(27)24-9)10-6-22-25(7-10)15(8-26)12-3-2-11(4-13(12)18)17(19,20)21/h2-7,15,26H,8H2,1H3,(H,23,24,27)/t15-/m1/s1. The predicted octanol–water partition coefficient (Wildman–Crippen LogP) is 3.20. The minimum Gasteiger partial charge on any atom is -0.394 e. The summed E-state index contributed by atoms with van der Waals surface area (Å²) in [5, 5.41) is 13.7. The highest BCUT2D eigenvalue weighted by Gasteiger charge is 2.31. The fraction of sp³-hybridized carbons (Fsp3) is 0.235. The Hall–Kier alpha value is -2.65. The molecule has 0 aliphatic rings. The van der Waals surface area contributed by atoms with E-state index in [1.54, 1.807) is 6.92 Å². The summed E-state index contributed by atoms with van der Waals surface area (Å²) in [7, 11) is 0. The summed E-state index contributed by atoms with van der Waals surface area (Å²) in [4.78, 5) is 18.3. The zero-order chi connectivity index (χ0) is 19.8. The predicted molar refractivity (Wildman–Crippen MR) is 92.5 cm³/mol. The van der Waals surface area contributed by atoms with Gasteiger partial charge in [-0.2, -0.15) is 18.3 Å². The van der Waals surface area contributed by atoms with Crippen molar-refractivity contribution in [2.45, 2.75) is 19.1 Å². The van der Waals surface area contributed by atoms with Gasteiger partial charge in [0.25, 0.3) is 5.56 Å². The second kappa shape index (κ2) is 7.16. The van der Waals surface area contributed by atoms with E-state index < -0.39 is 24.4 Å². The molecule has 27 heavy (non-hydrogen) atoms. The summed E-state index contributed by atoms with van der Waals surface area (Å²) < 4.78 is 39.8. The van der Waals surface area contributed by atoms with E-state index in [9.17, 15) is 23.1 Å². The Balaban J connectivity index is 1.98. The number of H-pyrrole nitrogens is 1. The van der Waals surface area contributed by atoms with Crippen LogP contribution < -0.4 is 5.56 Å². The van der Waals surface area contributed by atoms with Crippen LogP contribution in [0.3, 0.4) is 0 Å². The molecule has 142 valence electrons. The fourth-order valence-electron chi connectivity index (χ4n) is 2.67. The van der Waals surface area contributed by atoms with E-state index >= 15 is 0 Å². The third-order valence-electron chi connectivity index (χ3n) is 3.94. The molecule has 3 aromatic rings. The number of aliphatic hydroxyl groups is 1. The van der Waals surface area contributed by atoms with E-state index in [4.69, 9.17) is 11.6 Å². The highest BCUT2D eigenvalue weighted by atomic mass is 35.5. The Morgan fingerprint density at radius 1 is 1.33 bits per heavy atom. The SMILES string of the molecule is Cc1nc(-c2cnn([C@H](CO)c3ccc(C(F)(F)F)cc3Cl)c2)cc(=O)[nH]1. The number of aliphatic hydroxyl groups excluding tert-OH is 1. The Kier molecular flexibility index (Phi) is 5.07. The number of nitrogens with zero attached hydrogens (tertiary/aromatic N) is 3. The Bertz CT molecular complexity index is 1030. The van der Waals surface area contributed by atoms with Gasteiger partial charge in [0, 0.05) is 22.8 Å². The Morgan fingerprint density at radius 3 is 2.67 bits per heavy atom. The number of hydrogen-bond donors (Lipinski definition) is 2. The van der Waals surface area contributed by atoms with Crippen LogP contribution in [0.2, 0.25) is 5.02 Å². The summed E-state index contributed by atoms with van der Waals surface area (Å²) in [5.41, 5.74) is -0.00715. The molecule has 10 heteroatoms. The van der Waals surface area contributed by atoms with Crippen LogP contribution in [-0.2, 0) is 6.18 Å². The van der Waals surface area contributed by atoms with Crippen molar-refractivity contribution in [1.82, 2.24) is 19.7 Å². The molecule has 3 rings (SSSR count). The first-order valence-electron chi connectivity index (χ1n) is 7.79. The number of aryl methyl sites for hydroxylation is 1. The molecule has 0 radical (unpaired) electrons. The Labute approximate surface area is 156 Å². The van der Waals surface area contributed by atoms with E-state index in [-0.39, 0.29) is 16.1 Å². The third kappa shape index (κ3) is 4.04. The maximum Gasteiger partial charge on any atom is 0.416 e. The van der Waals surface area contributed by atoms with Crippen LogP contribution in [0, 0.1) is 6.92 Å². The molecular formula is C17H14ClF3N4O2. The maximum absolute atomic E-state index is 12.8. The number of benzene rings is 1. The number of nitrogens with one attached hydrogen (secondary N) is 1. The molecule has 0 amide bonds. The zero-order valence-electron chi connectivity index (χ0n) is 14.0. The number of halogens is 4. The van der Waals surface area contributed by atoms with Gasteiger partial charge >= 0.3 is 6.18 Å². The van der Waals surface area contributed by atoms with Crippen LogP contribution in [0.25, 0.3) is 11.3 Å². The quantitative estimate of drug-likeness (QED) is 0.707. The van der Waals surface area contributed by atoms with Gasteiger partial charge in [-0.15, -0.1) is 0 Å². The molecule has 0 saturated heterocycles. The second-order valence-corrected chi connectivity index (χ2v) is 6.26. The fourth-order valence-corrected chi connectivity index (χ4v) is 2.97. The minimum atomic E-state index is -4.51. The van der Waals surface area contributed by atoms with Crippen molar-refractivity contribution >= 4 is 11.6 Å². The first-order valence-corrected chi connectivity index (χ1v) is 8.17. The van der Waals surface area contributed by atoms with Crippen LogP contribution in [0.5, 0.6) is 0 Å². The van der Waals surface area contributed by atoms with Crippen LogP contribution in [0.1, 0.15) is 23.0 Å². The lowest BCUT2D eigenvalue weighted by molar-refractivity contribution is -0.137. The maximum atomic E-state index is 12.8. The van der Waals surface area contributed by atoms with Gasteiger partial charge in [-0.25, -0.2) is 4.98 Å². The molecule has 0 saturated carbocycles. The van der Waals surface area contributed by atoms with Crippen molar-refractivity contribution in [3.63, 3.8) is 0 Å². The average molecular weight is 399 g/mol. The van der Waals surface area contributed by atoms with Crippen molar-refractivity contribution < 1.29 is 18.3 Å². The number of alkyl halides is 3. The molecule has 0 spiro atoms. The highest BCUT2D eigenvalue weighted by molar-refractivity contribution is 6.31. The van der Waals surface area contributed by atoms with Gasteiger partial charge in [-0.05, 0) is 24.6 Å².